The fourth-order valence-electron chi connectivity index (χ4n) is 2.97. The number of nitrogens with zero attached hydrogens (tertiary/aromatic N) is 1. The zero-order chi connectivity index (χ0) is 13.7. The molecule has 108 valence electrons. The van der Waals surface area contributed by atoms with Gasteiger partial charge in [-0.1, -0.05) is 12.8 Å². The molecule has 6 nitrogen and oxygen atoms in total. The van der Waals surface area contributed by atoms with Gasteiger partial charge in [-0.05, 0) is 12.8 Å². The number of amides is 2. The van der Waals surface area contributed by atoms with Crippen molar-refractivity contribution in [3.63, 3.8) is 0 Å². The van der Waals surface area contributed by atoms with Crippen LogP contribution in [0.2, 0.25) is 0 Å². The highest BCUT2D eigenvalue weighted by Gasteiger charge is 2.50. The average Bonchev–Trinajstić information content (AvgIpc) is 2.88. The van der Waals surface area contributed by atoms with E-state index in [0.29, 0.717) is 26.4 Å². The lowest BCUT2D eigenvalue weighted by Crippen LogP contribution is -2.66. The summed E-state index contributed by atoms with van der Waals surface area (Å²) < 4.78 is 10.3. The maximum Gasteiger partial charge on any atom is 0.246 e. The molecule has 0 unspecified atom stereocenters. The van der Waals surface area contributed by atoms with Crippen LogP contribution in [0.25, 0.3) is 0 Å². The summed E-state index contributed by atoms with van der Waals surface area (Å²) in [5.41, 5.74) is -0.611. The molecule has 0 aromatic rings. The highest BCUT2D eigenvalue weighted by molar-refractivity contribution is 5.98. The molecule has 1 saturated carbocycles. The van der Waals surface area contributed by atoms with E-state index >= 15 is 0 Å². The molecule has 2 amide bonds. The SMILES string of the molecule is COCCOCCN1C(=O)CNC(=O)C12CCCC2. The van der Waals surface area contributed by atoms with Gasteiger partial charge < -0.3 is 19.7 Å². The van der Waals surface area contributed by atoms with Gasteiger partial charge in [-0.15, -0.1) is 0 Å². The highest BCUT2D eigenvalue weighted by atomic mass is 16.5. The van der Waals surface area contributed by atoms with Crippen LogP contribution in [0.5, 0.6) is 0 Å². The van der Waals surface area contributed by atoms with Gasteiger partial charge in [0.25, 0.3) is 0 Å². The molecule has 1 saturated heterocycles. The van der Waals surface area contributed by atoms with Crippen molar-refractivity contribution in [3.8, 4) is 0 Å². The van der Waals surface area contributed by atoms with Crippen LogP contribution in [0.1, 0.15) is 25.7 Å². The monoisotopic (exact) mass is 270 g/mol. The Morgan fingerprint density at radius 3 is 2.63 bits per heavy atom. The molecule has 2 aliphatic rings. The van der Waals surface area contributed by atoms with E-state index < -0.39 is 5.54 Å². The molecule has 6 heteroatoms. The van der Waals surface area contributed by atoms with Crippen LogP contribution in [0.3, 0.4) is 0 Å². The van der Waals surface area contributed by atoms with Crippen LogP contribution in [0.4, 0.5) is 0 Å². The molecule has 0 aromatic carbocycles. The summed E-state index contributed by atoms with van der Waals surface area (Å²) in [4.78, 5) is 25.9. The quantitative estimate of drug-likeness (QED) is 0.686. The van der Waals surface area contributed by atoms with Crippen LogP contribution in [-0.2, 0) is 19.1 Å². The number of nitrogens with one attached hydrogen (secondary N) is 1. The van der Waals surface area contributed by atoms with E-state index in [1.54, 1.807) is 12.0 Å². The lowest BCUT2D eigenvalue weighted by Gasteiger charge is -2.43. The highest BCUT2D eigenvalue weighted by Crippen LogP contribution is 2.36. The van der Waals surface area contributed by atoms with Gasteiger partial charge in [0.05, 0.1) is 26.4 Å². The summed E-state index contributed by atoms with van der Waals surface area (Å²) in [5, 5.41) is 2.71. The van der Waals surface area contributed by atoms with Gasteiger partial charge in [0.15, 0.2) is 0 Å². The Hall–Kier alpha value is -1.14. The molecule has 0 aromatic heterocycles. The lowest BCUT2D eigenvalue weighted by molar-refractivity contribution is -0.154. The third kappa shape index (κ3) is 2.90. The van der Waals surface area contributed by atoms with Crippen molar-refractivity contribution in [2.75, 3.05) is 40.0 Å². The first-order valence-corrected chi connectivity index (χ1v) is 6.86. The number of hydrogen-bond donors (Lipinski definition) is 1. The fourth-order valence-corrected chi connectivity index (χ4v) is 2.97. The normalized spacial score (nSPS) is 22.1. The van der Waals surface area contributed by atoms with Crippen molar-refractivity contribution < 1.29 is 19.1 Å². The number of ether oxygens (including phenoxy) is 2. The van der Waals surface area contributed by atoms with Crippen LogP contribution >= 0.6 is 0 Å². The summed E-state index contributed by atoms with van der Waals surface area (Å²) in [6.45, 7) is 2.09. The molecule has 19 heavy (non-hydrogen) atoms. The molecular weight excluding hydrogens is 248 g/mol. The van der Waals surface area contributed by atoms with E-state index in [1.165, 1.54) is 0 Å². The summed E-state index contributed by atoms with van der Waals surface area (Å²) in [5.74, 6) is -0.00154. The van der Waals surface area contributed by atoms with Gasteiger partial charge in [-0.25, -0.2) is 0 Å². The van der Waals surface area contributed by atoms with Crippen molar-refractivity contribution in [1.82, 2.24) is 10.2 Å². The van der Waals surface area contributed by atoms with Crippen molar-refractivity contribution in [1.29, 1.82) is 0 Å². The van der Waals surface area contributed by atoms with E-state index in [0.717, 1.165) is 25.7 Å². The van der Waals surface area contributed by atoms with Crippen LogP contribution in [-0.4, -0.2) is 62.3 Å². The first-order valence-electron chi connectivity index (χ1n) is 6.86. The van der Waals surface area contributed by atoms with E-state index in [1.807, 2.05) is 0 Å². The van der Waals surface area contributed by atoms with Crippen molar-refractivity contribution in [3.05, 3.63) is 0 Å². The van der Waals surface area contributed by atoms with Gasteiger partial charge in [0.2, 0.25) is 11.8 Å². The van der Waals surface area contributed by atoms with E-state index in [2.05, 4.69) is 5.32 Å². The topological polar surface area (TPSA) is 67.9 Å². The molecular formula is C13H22N2O4. The standard InChI is InChI=1S/C13H22N2O4/c1-18-8-9-19-7-6-15-11(16)10-14-12(17)13(15)4-2-3-5-13/h2-10H2,1H3,(H,14,17). The Kier molecular flexibility index (Phi) is 4.76. The second-order valence-electron chi connectivity index (χ2n) is 5.07. The van der Waals surface area contributed by atoms with Crippen molar-refractivity contribution in [2.24, 2.45) is 0 Å². The van der Waals surface area contributed by atoms with Gasteiger partial charge in [-0.2, -0.15) is 0 Å². The van der Waals surface area contributed by atoms with E-state index in [4.69, 9.17) is 9.47 Å². The van der Waals surface area contributed by atoms with E-state index in [9.17, 15) is 9.59 Å². The van der Waals surface area contributed by atoms with Crippen LogP contribution in [0, 0.1) is 0 Å². The van der Waals surface area contributed by atoms with Crippen LogP contribution in [0.15, 0.2) is 0 Å². The minimum absolute atomic E-state index is 0.00138. The van der Waals surface area contributed by atoms with Crippen LogP contribution < -0.4 is 5.32 Å². The molecule has 1 aliphatic heterocycles. The smallest absolute Gasteiger partial charge is 0.246 e. The predicted octanol–water partition coefficient (Wildman–Crippen LogP) is -0.0794. The number of carbonyl (C=O) groups excluding carboxylic acids is 2. The summed E-state index contributed by atoms with van der Waals surface area (Å²) in [6, 6.07) is 0. The average molecular weight is 270 g/mol. The molecule has 0 radical (unpaired) electrons. The lowest BCUT2D eigenvalue weighted by atomic mass is 9.91. The third-order valence-electron chi connectivity index (χ3n) is 3.96. The molecule has 1 N–H and O–H groups in total. The second kappa shape index (κ2) is 6.34. The maximum absolute atomic E-state index is 12.1. The molecule has 0 bridgehead atoms. The van der Waals surface area contributed by atoms with Gasteiger partial charge >= 0.3 is 0 Å². The molecule has 0 atom stereocenters. The fraction of sp³-hybridized carbons (Fsp3) is 0.846. The Morgan fingerprint density at radius 1 is 1.21 bits per heavy atom. The molecule has 1 aliphatic carbocycles. The van der Waals surface area contributed by atoms with Gasteiger partial charge in [-0.3, -0.25) is 9.59 Å². The zero-order valence-electron chi connectivity index (χ0n) is 11.4. The summed E-state index contributed by atoms with van der Waals surface area (Å²) >= 11 is 0. The van der Waals surface area contributed by atoms with E-state index in [-0.39, 0.29) is 18.4 Å². The molecule has 2 rings (SSSR count). The third-order valence-corrected chi connectivity index (χ3v) is 3.96. The molecule has 2 fully saturated rings. The Morgan fingerprint density at radius 2 is 1.95 bits per heavy atom. The number of piperazine rings is 1. The predicted molar refractivity (Wildman–Crippen MR) is 68.6 cm³/mol. The zero-order valence-corrected chi connectivity index (χ0v) is 11.4. The number of rotatable bonds is 6. The number of carbonyl (C=O) groups is 2. The summed E-state index contributed by atoms with van der Waals surface area (Å²) in [7, 11) is 1.62. The largest absolute Gasteiger partial charge is 0.382 e. The number of hydrogen-bond acceptors (Lipinski definition) is 4. The van der Waals surface area contributed by atoms with Gasteiger partial charge in [0, 0.05) is 13.7 Å². The Balaban J connectivity index is 1.94. The Bertz CT molecular complexity index is 340. The van der Waals surface area contributed by atoms with Gasteiger partial charge in [0.1, 0.15) is 5.54 Å². The van der Waals surface area contributed by atoms with Crippen molar-refractivity contribution >= 4 is 11.8 Å². The summed E-state index contributed by atoms with van der Waals surface area (Å²) in [6.07, 6.45) is 3.54. The van der Waals surface area contributed by atoms with Crippen molar-refractivity contribution in [2.45, 2.75) is 31.2 Å². The minimum Gasteiger partial charge on any atom is -0.382 e. The molecule has 1 heterocycles. The second-order valence-corrected chi connectivity index (χ2v) is 5.07. The minimum atomic E-state index is -0.611. The first-order chi connectivity index (χ1) is 9.20. The number of methoxy groups -OCH3 is 1. The first kappa shape index (κ1) is 14.3. The maximum atomic E-state index is 12.1. The molecule has 1 spiro atoms. The Labute approximate surface area is 113 Å².